The highest BCUT2D eigenvalue weighted by molar-refractivity contribution is 7.92. The van der Waals surface area contributed by atoms with Gasteiger partial charge in [-0.15, -0.1) is 0 Å². The number of carbonyl (C=O) groups is 1. The van der Waals surface area contributed by atoms with Crippen LogP contribution in [-0.2, 0) is 14.8 Å². The van der Waals surface area contributed by atoms with Crippen molar-refractivity contribution in [1.82, 2.24) is 0 Å². The first kappa shape index (κ1) is 19.8. The first-order valence-corrected chi connectivity index (χ1v) is 10.1. The van der Waals surface area contributed by atoms with Crippen LogP contribution in [0.4, 0.5) is 11.4 Å². The van der Waals surface area contributed by atoms with E-state index in [4.69, 9.17) is 4.74 Å². The molecule has 0 fully saturated rings. The van der Waals surface area contributed by atoms with Gasteiger partial charge in [0.1, 0.15) is 12.3 Å². The second kappa shape index (κ2) is 8.23. The molecule has 1 amide bonds. The third kappa shape index (κ3) is 4.98. The Labute approximate surface area is 154 Å². The van der Waals surface area contributed by atoms with Crippen LogP contribution in [0, 0.1) is 0 Å². The SMILES string of the molecule is COc1ccccc1N(CC(=O)Nc1ccc(C(C)C)cc1)S(C)(=O)=O. The van der Waals surface area contributed by atoms with Gasteiger partial charge in [0.15, 0.2) is 0 Å². The maximum Gasteiger partial charge on any atom is 0.245 e. The highest BCUT2D eigenvalue weighted by atomic mass is 32.2. The predicted octanol–water partition coefficient (Wildman–Crippen LogP) is 3.22. The quantitative estimate of drug-likeness (QED) is 0.805. The van der Waals surface area contributed by atoms with Crippen LogP contribution in [0.15, 0.2) is 48.5 Å². The number of hydrogen-bond acceptors (Lipinski definition) is 4. The number of anilines is 2. The van der Waals surface area contributed by atoms with Crippen LogP contribution < -0.4 is 14.4 Å². The first-order valence-electron chi connectivity index (χ1n) is 8.23. The minimum absolute atomic E-state index is 0.322. The van der Waals surface area contributed by atoms with Crippen LogP contribution in [0.5, 0.6) is 5.75 Å². The molecule has 0 unspecified atom stereocenters. The summed E-state index contributed by atoms with van der Waals surface area (Å²) in [6.07, 6.45) is 1.06. The van der Waals surface area contributed by atoms with Gasteiger partial charge in [0.25, 0.3) is 0 Å². The number of para-hydroxylation sites is 2. The maximum atomic E-state index is 12.4. The van der Waals surface area contributed by atoms with Gasteiger partial charge in [-0.2, -0.15) is 0 Å². The number of nitrogens with zero attached hydrogens (tertiary/aromatic N) is 1. The molecule has 2 aromatic carbocycles. The second-order valence-corrected chi connectivity index (χ2v) is 8.17. The zero-order valence-corrected chi connectivity index (χ0v) is 16.2. The summed E-state index contributed by atoms with van der Waals surface area (Å²) in [5.74, 6) is 0.344. The summed E-state index contributed by atoms with van der Waals surface area (Å²) in [4.78, 5) is 12.4. The van der Waals surface area contributed by atoms with Crippen molar-refractivity contribution in [3.05, 3.63) is 54.1 Å². The van der Waals surface area contributed by atoms with Crippen LogP contribution in [0.1, 0.15) is 25.3 Å². The Morgan fingerprint density at radius 3 is 2.27 bits per heavy atom. The molecule has 2 rings (SSSR count). The van der Waals surface area contributed by atoms with E-state index in [9.17, 15) is 13.2 Å². The molecule has 140 valence electrons. The Hall–Kier alpha value is -2.54. The summed E-state index contributed by atoms with van der Waals surface area (Å²) in [5.41, 5.74) is 2.10. The molecule has 7 heteroatoms. The Morgan fingerprint density at radius 1 is 1.12 bits per heavy atom. The summed E-state index contributed by atoms with van der Waals surface area (Å²) in [6.45, 7) is 3.83. The summed E-state index contributed by atoms with van der Waals surface area (Å²) >= 11 is 0. The van der Waals surface area contributed by atoms with Gasteiger partial charge in [0.2, 0.25) is 15.9 Å². The molecule has 6 nitrogen and oxygen atoms in total. The van der Waals surface area contributed by atoms with E-state index in [0.717, 1.165) is 16.1 Å². The van der Waals surface area contributed by atoms with Crippen LogP contribution in [0.3, 0.4) is 0 Å². The molecule has 0 aliphatic rings. The minimum atomic E-state index is -3.66. The number of rotatable bonds is 7. The highest BCUT2D eigenvalue weighted by Gasteiger charge is 2.23. The van der Waals surface area contributed by atoms with Crippen molar-refractivity contribution in [2.45, 2.75) is 19.8 Å². The molecule has 26 heavy (non-hydrogen) atoms. The molecule has 0 bridgehead atoms. The highest BCUT2D eigenvalue weighted by Crippen LogP contribution is 2.29. The van der Waals surface area contributed by atoms with E-state index in [1.165, 1.54) is 7.11 Å². The lowest BCUT2D eigenvalue weighted by molar-refractivity contribution is -0.114. The molecule has 0 heterocycles. The molecule has 0 saturated heterocycles. The van der Waals surface area contributed by atoms with Crippen molar-refractivity contribution in [3.63, 3.8) is 0 Å². The van der Waals surface area contributed by atoms with E-state index in [2.05, 4.69) is 19.2 Å². The molecule has 0 aromatic heterocycles. The fourth-order valence-corrected chi connectivity index (χ4v) is 3.36. The van der Waals surface area contributed by atoms with Gasteiger partial charge in [0.05, 0.1) is 19.1 Å². The van der Waals surface area contributed by atoms with Crippen molar-refractivity contribution in [2.24, 2.45) is 0 Å². The lowest BCUT2D eigenvalue weighted by Crippen LogP contribution is -2.37. The lowest BCUT2D eigenvalue weighted by atomic mass is 10.0. The van der Waals surface area contributed by atoms with Gasteiger partial charge < -0.3 is 10.1 Å². The van der Waals surface area contributed by atoms with Gasteiger partial charge in [-0.05, 0) is 35.7 Å². The summed E-state index contributed by atoms with van der Waals surface area (Å²) < 4.78 is 30.6. The molecule has 0 spiro atoms. The Balaban J connectivity index is 2.19. The summed E-state index contributed by atoms with van der Waals surface area (Å²) in [5, 5.41) is 2.73. The monoisotopic (exact) mass is 376 g/mol. The Morgan fingerprint density at radius 2 is 1.73 bits per heavy atom. The zero-order chi connectivity index (χ0) is 19.3. The van der Waals surface area contributed by atoms with Crippen molar-refractivity contribution in [2.75, 3.05) is 29.5 Å². The fourth-order valence-electron chi connectivity index (χ4n) is 2.50. The summed E-state index contributed by atoms with van der Waals surface area (Å²) in [6, 6.07) is 14.2. The number of sulfonamides is 1. The van der Waals surface area contributed by atoms with Gasteiger partial charge in [-0.3, -0.25) is 9.10 Å². The molecule has 2 aromatic rings. The minimum Gasteiger partial charge on any atom is -0.495 e. The maximum absolute atomic E-state index is 12.4. The van der Waals surface area contributed by atoms with Crippen molar-refractivity contribution >= 4 is 27.3 Å². The average Bonchev–Trinajstić information content (AvgIpc) is 2.59. The van der Waals surface area contributed by atoms with Gasteiger partial charge in [0, 0.05) is 5.69 Å². The second-order valence-electron chi connectivity index (χ2n) is 6.27. The number of amides is 1. The third-order valence-corrected chi connectivity index (χ3v) is 5.03. The van der Waals surface area contributed by atoms with Crippen LogP contribution in [0.2, 0.25) is 0 Å². The molecule has 0 atom stereocenters. The van der Waals surface area contributed by atoms with E-state index in [0.29, 0.717) is 23.0 Å². The molecule has 0 saturated carbocycles. The van der Waals surface area contributed by atoms with Crippen molar-refractivity contribution in [1.29, 1.82) is 0 Å². The Kier molecular flexibility index (Phi) is 6.26. The standard InChI is InChI=1S/C19H24N2O4S/c1-14(2)15-9-11-16(12-10-15)20-19(22)13-21(26(4,23)24)17-7-5-6-8-18(17)25-3/h5-12,14H,13H2,1-4H3,(H,20,22). The van der Waals surface area contributed by atoms with E-state index in [1.54, 1.807) is 36.4 Å². The molecular formula is C19H24N2O4S. The van der Waals surface area contributed by atoms with E-state index < -0.39 is 15.9 Å². The van der Waals surface area contributed by atoms with Gasteiger partial charge >= 0.3 is 0 Å². The van der Waals surface area contributed by atoms with E-state index in [1.807, 2.05) is 12.1 Å². The molecule has 0 radical (unpaired) electrons. The van der Waals surface area contributed by atoms with Crippen molar-refractivity contribution in [3.8, 4) is 5.75 Å². The third-order valence-electron chi connectivity index (χ3n) is 3.90. The molecular weight excluding hydrogens is 352 g/mol. The lowest BCUT2D eigenvalue weighted by Gasteiger charge is -2.23. The van der Waals surface area contributed by atoms with Crippen LogP contribution in [0.25, 0.3) is 0 Å². The molecule has 0 aliphatic heterocycles. The number of nitrogens with one attached hydrogen (secondary N) is 1. The number of benzene rings is 2. The van der Waals surface area contributed by atoms with Gasteiger partial charge in [-0.25, -0.2) is 8.42 Å². The smallest absolute Gasteiger partial charge is 0.245 e. The van der Waals surface area contributed by atoms with E-state index in [-0.39, 0.29) is 6.54 Å². The number of methoxy groups -OCH3 is 1. The summed E-state index contributed by atoms with van der Waals surface area (Å²) in [7, 11) is -2.21. The molecule has 0 aliphatic carbocycles. The number of carbonyl (C=O) groups excluding carboxylic acids is 1. The fraction of sp³-hybridized carbons (Fsp3) is 0.316. The largest absolute Gasteiger partial charge is 0.495 e. The normalized spacial score (nSPS) is 11.3. The predicted molar refractivity (Wildman–Crippen MR) is 104 cm³/mol. The Bertz CT molecular complexity index is 861. The van der Waals surface area contributed by atoms with Gasteiger partial charge in [-0.1, -0.05) is 38.1 Å². The molecule has 1 N–H and O–H groups in total. The first-order chi connectivity index (χ1) is 12.2. The number of ether oxygens (including phenoxy) is 1. The zero-order valence-electron chi connectivity index (χ0n) is 15.4. The number of hydrogen-bond donors (Lipinski definition) is 1. The van der Waals surface area contributed by atoms with Crippen LogP contribution in [-0.4, -0.2) is 34.2 Å². The topological polar surface area (TPSA) is 75.7 Å². The average molecular weight is 376 g/mol. The van der Waals surface area contributed by atoms with E-state index >= 15 is 0 Å². The van der Waals surface area contributed by atoms with Crippen LogP contribution >= 0.6 is 0 Å². The van der Waals surface area contributed by atoms with Crippen molar-refractivity contribution < 1.29 is 17.9 Å².